The highest BCUT2D eigenvalue weighted by Gasteiger charge is 2.66. The van der Waals surface area contributed by atoms with E-state index >= 15 is 0 Å². The summed E-state index contributed by atoms with van der Waals surface area (Å²) in [6.45, 7) is 1.05. The molecule has 0 amide bonds. The fourth-order valence-corrected chi connectivity index (χ4v) is 9.57. The molecular formula is C40H32N4O2S. The molecule has 4 aromatic carbocycles. The van der Waals surface area contributed by atoms with Crippen LogP contribution in [-0.4, -0.2) is 22.3 Å². The van der Waals surface area contributed by atoms with Crippen LogP contribution in [0.5, 0.6) is 5.75 Å². The Morgan fingerprint density at radius 1 is 0.830 bits per heavy atom. The molecule has 0 saturated carbocycles. The fourth-order valence-electron chi connectivity index (χ4n) is 8.40. The van der Waals surface area contributed by atoms with Crippen molar-refractivity contribution in [2.45, 2.75) is 42.0 Å². The van der Waals surface area contributed by atoms with E-state index in [2.05, 4.69) is 53.4 Å². The van der Waals surface area contributed by atoms with Crippen molar-refractivity contribution in [2.75, 3.05) is 12.9 Å². The van der Waals surface area contributed by atoms with Gasteiger partial charge in [-0.05, 0) is 39.9 Å². The third-order valence-corrected chi connectivity index (χ3v) is 11.3. The van der Waals surface area contributed by atoms with Crippen molar-refractivity contribution in [3.8, 4) is 29.0 Å². The molecule has 7 heteroatoms. The average Bonchev–Trinajstić information content (AvgIpc) is 3.63. The number of piperidine rings is 1. The summed E-state index contributed by atoms with van der Waals surface area (Å²) in [5.74, 6) is 0.705. The molecular weight excluding hydrogens is 601 g/mol. The minimum absolute atomic E-state index is 0.0812. The summed E-state index contributed by atoms with van der Waals surface area (Å²) >= 11 is 1.72. The Hall–Kier alpha value is -5.08. The van der Waals surface area contributed by atoms with Gasteiger partial charge in [0.1, 0.15) is 5.75 Å². The number of hydrogen-bond acceptors (Lipinski definition) is 6. The van der Waals surface area contributed by atoms with E-state index < -0.39 is 17.4 Å². The predicted molar refractivity (Wildman–Crippen MR) is 183 cm³/mol. The van der Waals surface area contributed by atoms with Crippen LogP contribution in [0.3, 0.4) is 0 Å². The largest absolute Gasteiger partial charge is 0.497 e. The van der Waals surface area contributed by atoms with Crippen LogP contribution >= 0.6 is 11.8 Å². The van der Waals surface area contributed by atoms with Gasteiger partial charge < -0.3 is 9.30 Å². The maximum Gasteiger partial charge on any atom is 0.256 e. The Morgan fingerprint density at radius 2 is 1.45 bits per heavy atom. The number of pyridine rings is 1. The van der Waals surface area contributed by atoms with Gasteiger partial charge in [-0.1, -0.05) is 103 Å². The van der Waals surface area contributed by atoms with Gasteiger partial charge in [0.25, 0.3) is 5.56 Å². The first-order valence-corrected chi connectivity index (χ1v) is 16.9. The van der Waals surface area contributed by atoms with E-state index in [1.165, 1.54) is 0 Å². The molecule has 1 fully saturated rings. The van der Waals surface area contributed by atoms with Gasteiger partial charge in [-0.2, -0.15) is 10.5 Å². The van der Waals surface area contributed by atoms with Crippen molar-refractivity contribution < 1.29 is 4.74 Å². The lowest BCUT2D eigenvalue weighted by atomic mass is 9.50. The first-order valence-electron chi connectivity index (χ1n) is 15.9. The molecule has 3 aliphatic heterocycles. The monoisotopic (exact) mass is 632 g/mol. The van der Waals surface area contributed by atoms with Crippen LogP contribution in [0.15, 0.2) is 125 Å². The summed E-state index contributed by atoms with van der Waals surface area (Å²) in [5, 5.41) is 23.5. The fraction of sp³-hybridized carbons (Fsp3) is 0.225. The maximum absolute atomic E-state index is 14.9. The highest BCUT2D eigenvalue weighted by molar-refractivity contribution is 7.99. The second-order valence-corrected chi connectivity index (χ2v) is 13.5. The zero-order valence-electron chi connectivity index (χ0n) is 25.9. The molecule has 0 spiro atoms. The molecule has 1 saturated heterocycles. The molecule has 4 heterocycles. The molecule has 47 heavy (non-hydrogen) atoms. The number of methoxy groups -OCH3 is 1. The van der Waals surface area contributed by atoms with Gasteiger partial charge in [0.2, 0.25) is 0 Å². The minimum Gasteiger partial charge on any atom is -0.497 e. The third-order valence-electron chi connectivity index (χ3n) is 10.2. The summed E-state index contributed by atoms with van der Waals surface area (Å²) in [6, 6.07) is 42.8. The first kappa shape index (κ1) is 29.3. The Labute approximate surface area is 278 Å². The smallest absolute Gasteiger partial charge is 0.256 e. The molecule has 2 bridgehead atoms. The number of aromatic nitrogens is 1. The predicted octanol–water partition coefficient (Wildman–Crippen LogP) is 7.84. The van der Waals surface area contributed by atoms with Crippen LogP contribution in [0.2, 0.25) is 0 Å². The number of nitriles is 2. The van der Waals surface area contributed by atoms with Gasteiger partial charge in [0.15, 0.2) is 5.41 Å². The summed E-state index contributed by atoms with van der Waals surface area (Å²) in [5.41, 5.74) is 5.14. The van der Waals surface area contributed by atoms with E-state index in [1.807, 2.05) is 83.4 Å². The molecule has 5 aromatic rings. The molecule has 0 unspecified atom stereocenters. The first-order chi connectivity index (χ1) is 23.1. The zero-order chi connectivity index (χ0) is 32.1. The lowest BCUT2D eigenvalue weighted by Crippen LogP contribution is -2.59. The topological polar surface area (TPSA) is 82.0 Å². The van der Waals surface area contributed by atoms with Gasteiger partial charge in [0.05, 0.1) is 30.3 Å². The standard InChI is InChI=1S/C40H32N4O2S/c1-46-30-19-17-26(18-20-30)23-44-36(29-15-9-4-10-16-29)33-32-31(27-11-5-2-6-12-27)39-43(21-22-47-39)38(45)34(32)37(44)40(24-41,25-42)35(33)28-13-7-3-8-14-28/h2-20,33,35-37H,21-23H2,1H3/t33-,35+,36-,37+/m0/s1. The van der Waals surface area contributed by atoms with Crippen molar-refractivity contribution >= 4 is 11.8 Å². The number of nitrogens with zero attached hydrogens (tertiary/aromatic N) is 4. The van der Waals surface area contributed by atoms with E-state index in [9.17, 15) is 15.3 Å². The molecule has 230 valence electrons. The molecule has 6 nitrogen and oxygen atoms in total. The number of ether oxygens (including phenoxy) is 1. The lowest BCUT2D eigenvalue weighted by molar-refractivity contribution is -0.0317. The Balaban J connectivity index is 1.50. The van der Waals surface area contributed by atoms with Crippen LogP contribution in [0.1, 0.15) is 51.7 Å². The van der Waals surface area contributed by atoms with Gasteiger partial charge >= 0.3 is 0 Å². The second kappa shape index (κ2) is 11.6. The summed E-state index contributed by atoms with van der Waals surface area (Å²) in [4.78, 5) is 17.1. The highest BCUT2D eigenvalue weighted by Crippen LogP contribution is 2.70. The Morgan fingerprint density at radius 3 is 2.06 bits per heavy atom. The Kier molecular flexibility index (Phi) is 7.25. The summed E-state index contributed by atoms with van der Waals surface area (Å²) in [7, 11) is 1.65. The van der Waals surface area contributed by atoms with E-state index in [0.29, 0.717) is 18.7 Å². The summed E-state index contributed by atoms with van der Waals surface area (Å²) < 4.78 is 7.34. The van der Waals surface area contributed by atoms with Crippen LogP contribution in [0, 0.1) is 28.1 Å². The number of rotatable bonds is 6. The lowest BCUT2D eigenvalue weighted by Gasteiger charge is -2.60. The van der Waals surface area contributed by atoms with E-state index in [-0.39, 0.29) is 17.5 Å². The van der Waals surface area contributed by atoms with Gasteiger partial charge in [-0.3, -0.25) is 9.69 Å². The quantitative estimate of drug-likeness (QED) is 0.190. The molecule has 9 rings (SSSR count). The SMILES string of the molecule is COc1ccc(CN2[C@@H](c3ccccc3)[C@H]3c4c(-c5ccccc5)c5n(c(=O)c4[C@@H]2C(C#N)(C#N)[C@@H]3c2ccccc2)CCS5)cc1. The van der Waals surface area contributed by atoms with Crippen molar-refractivity contribution in [1.29, 1.82) is 10.5 Å². The summed E-state index contributed by atoms with van der Waals surface area (Å²) in [6.07, 6.45) is 0. The highest BCUT2D eigenvalue weighted by atomic mass is 32.2. The van der Waals surface area contributed by atoms with Crippen molar-refractivity contribution in [3.05, 3.63) is 153 Å². The van der Waals surface area contributed by atoms with Crippen molar-refractivity contribution in [1.82, 2.24) is 9.47 Å². The van der Waals surface area contributed by atoms with E-state index in [4.69, 9.17) is 4.74 Å². The van der Waals surface area contributed by atoms with Crippen LogP contribution < -0.4 is 10.3 Å². The number of thioether (sulfide) groups is 1. The van der Waals surface area contributed by atoms with E-state index in [1.54, 1.807) is 18.9 Å². The van der Waals surface area contributed by atoms with E-state index in [0.717, 1.165) is 49.9 Å². The zero-order valence-corrected chi connectivity index (χ0v) is 26.7. The average molecular weight is 633 g/mol. The van der Waals surface area contributed by atoms with Gasteiger partial charge in [-0.25, -0.2) is 0 Å². The third kappa shape index (κ3) is 4.38. The maximum atomic E-state index is 14.9. The number of hydrogen-bond donors (Lipinski definition) is 0. The van der Waals surface area contributed by atoms with Crippen molar-refractivity contribution in [3.63, 3.8) is 0 Å². The molecule has 0 N–H and O–H groups in total. The molecule has 1 aromatic heterocycles. The molecule has 4 atom stereocenters. The van der Waals surface area contributed by atoms with Gasteiger partial charge in [0, 0.05) is 47.8 Å². The van der Waals surface area contributed by atoms with Crippen LogP contribution in [0.25, 0.3) is 11.1 Å². The molecule has 0 radical (unpaired) electrons. The number of fused-ring (bicyclic) bond motifs is 3. The Bertz CT molecular complexity index is 2090. The van der Waals surface area contributed by atoms with Crippen LogP contribution in [0.4, 0.5) is 0 Å². The molecule has 1 aliphatic carbocycles. The second-order valence-electron chi connectivity index (χ2n) is 12.5. The molecule has 4 aliphatic rings. The minimum atomic E-state index is -1.52. The van der Waals surface area contributed by atoms with Gasteiger partial charge in [-0.15, -0.1) is 11.8 Å². The van der Waals surface area contributed by atoms with Crippen molar-refractivity contribution in [2.24, 2.45) is 5.41 Å². The normalized spacial score (nSPS) is 22.1. The van der Waals surface area contributed by atoms with Crippen LogP contribution in [-0.2, 0) is 13.1 Å². The number of benzene rings is 4.